The standard InChI is InChI=1S/C20H23N3O2S/c1-22-14-16(15-5-2-3-6-17(15)22)20(24)21-13-18(19-7-4-12-26-19)23-8-10-25-11-9-23/h2-7,12,14,18H,8-11,13H2,1H3,(H,21,24)/t18-/m1/s1. The van der Waals surface area contributed by atoms with E-state index in [-0.39, 0.29) is 11.9 Å². The van der Waals surface area contributed by atoms with Crippen LogP contribution in [-0.4, -0.2) is 48.2 Å². The lowest BCUT2D eigenvalue weighted by atomic mass is 10.1. The van der Waals surface area contributed by atoms with E-state index < -0.39 is 0 Å². The Morgan fingerprint density at radius 1 is 1.23 bits per heavy atom. The lowest BCUT2D eigenvalue weighted by Gasteiger charge is -2.34. The van der Waals surface area contributed by atoms with E-state index in [0.717, 1.165) is 42.8 Å². The Morgan fingerprint density at radius 3 is 2.81 bits per heavy atom. The molecule has 4 rings (SSSR count). The molecule has 136 valence electrons. The molecule has 0 saturated carbocycles. The molecule has 1 fully saturated rings. The molecule has 3 heterocycles. The fourth-order valence-corrected chi connectivity index (χ4v) is 4.45. The maximum atomic E-state index is 12.9. The van der Waals surface area contributed by atoms with E-state index in [9.17, 15) is 4.79 Å². The van der Waals surface area contributed by atoms with Gasteiger partial charge in [0.2, 0.25) is 0 Å². The van der Waals surface area contributed by atoms with Crippen molar-refractivity contribution in [3.05, 3.63) is 58.4 Å². The molecule has 1 aliphatic rings. The van der Waals surface area contributed by atoms with Crippen molar-refractivity contribution in [3.63, 3.8) is 0 Å². The van der Waals surface area contributed by atoms with E-state index >= 15 is 0 Å². The number of para-hydroxylation sites is 1. The van der Waals surface area contributed by atoms with Gasteiger partial charge in [-0.05, 0) is 17.5 Å². The Kier molecular flexibility index (Phi) is 5.06. The third kappa shape index (κ3) is 3.40. The van der Waals surface area contributed by atoms with E-state index in [0.29, 0.717) is 6.54 Å². The van der Waals surface area contributed by atoms with E-state index in [1.807, 2.05) is 42.1 Å². The molecule has 1 atom stereocenters. The summed E-state index contributed by atoms with van der Waals surface area (Å²) in [4.78, 5) is 16.5. The van der Waals surface area contributed by atoms with Gasteiger partial charge in [-0.3, -0.25) is 9.69 Å². The largest absolute Gasteiger partial charge is 0.379 e. The molecule has 0 radical (unpaired) electrons. The van der Waals surface area contributed by atoms with Crippen LogP contribution in [0, 0.1) is 0 Å². The Morgan fingerprint density at radius 2 is 2.04 bits per heavy atom. The Labute approximate surface area is 157 Å². The molecule has 0 spiro atoms. The molecule has 1 N–H and O–H groups in total. The zero-order chi connectivity index (χ0) is 17.9. The molecule has 6 heteroatoms. The number of nitrogens with one attached hydrogen (secondary N) is 1. The van der Waals surface area contributed by atoms with Gasteiger partial charge in [-0.25, -0.2) is 0 Å². The number of benzene rings is 1. The van der Waals surface area contributed by atoms with Crippen molar-refractivity contribution in [1.82, 2.24) is 14.8 Å². The number of fused-ring (bicyclic) bond motifs is 1. The van der Waals surface area contributed by atoms with Gasteiger partial charge < -0.3 is 14.6 Å². The van der Waals surface area contributed by atoms with E-state index in [1.165, 1.54) is 4.88 Å². The Bertz CT molecular complexity index is 882. The predicted molar refractivity (Wildman–Crippen MR) is 105 cm³/mol. The summed E-state index contributed by atoms with van der Waals surface area (Å²) in [5.41, 5.74) is 1.80. The maximum absolute atomic E-state index is 12.9. The average Bonchev–Trinajstić information content (AvgIpc) is 3.32. The number of rotatable bonds is 5. The quantitative estimate of drug-likeness (QED) is 0.752. The summed E-state index contributed by atoms with van der Waals surface area (Å²) < 4.78 is 7.49. The number of hydrogen-bond acceptors (Lipinski definition) is 4. The van der Waals surface area contributed by atoms with Crippen molar-refractivity contribution in [2.24, 2.45) is 7.05 Å². The number of ether oxygens (including phenoxy) is 1. The summed E-state index contributed by atoms with van der Waals surface area (Å²) in [6.45, 7) is 3.89. The lowest BCUT2D eigenvalue weighted by Crippen LogP contribution is -2.43. The first-order valence-electron chi connectivity index (χ1n) is 8.91. The first-order chi connectivity index (χ1) is 12.7. The maximum Gasteiger partial charge on any atom is 0.253 e. The second-order valence-electron chi connectivity index (χ2n) is 6.56. The minimum absolute atomic E-state index is 0.0170. The van der Waals surface area contributed by atoms with Crippen LogP contribution in [0.15, 0.2) is 48.0 Å². The third-order valence-corrected chi connectivity index (χ3v) is 5.93. The third-order valence-electron chi connectivity index (χ3n) is 4.96. The summed E-state index contributed by atoms with van der Waals surface area (Å²) in [5.74, 6) is -0.0170. The van der Waals surface area contributed by atoms with E-state index in [4.69, 9.17) is 4.74 Å². The molecule has 26 heavy (non-hydrogen) atoms. The number of amides is 1. The molecule has 0 unspecified atom stereocenters. The highest BCUT2D eigenvalue weighted by molar-refractivity contribution is 7.10. The van der Waals surface area contributed by atoms with Crippen molar-refractivity contribution >= 4 is 28.1 Å². The lowest BCUT2D eigenvalue weighted by molar-refractivity contribution is 0.0169. The van der Waals surface area contributed by atoms with Crippen LogP contribution in [0.1, 0.15) is 21.3 Å². The number of carbonyl (C=O) groups is 1. The molecule has 5 nitrogen and oxygen atoms in total. The zero-order valence-electron chi connectivity index (χ0n) is 14.9. The first-order valence-corrected chi connectivity index (χ1v) is 9.79. The van der Waals surface area contributed by atoms with Crippen LogP contribution in [0.4, 0.5) is 0 Å². The molecule has 0 bridgehead atoms. The monoisotopic (exact) mass is 369 g/mol. The number of aromatic nitrogens is 1. The molecule has 1 amide bonds. The second-order valence-corrected chi connectivity index (χ2v) is 7.54. The van der Waals surface area contributed by atoms with Gasteiger partial charge in [-0.15, -0.1) is 11.3 Å². The van der Waals surface area contributed by atoms with Gasteiger partial charge in [-0.1, -0.05) is 24.3 Å². The van der Waals surface area contributed by atoms with E-state index in [1.54, 1.807) is 11.3 Å². The van der Waals surface area contributed by atoms with Crippen molar-refractivity contribution < 1.29 is 9.53 Å². The van der Waals surface area contributed by atoms with Crippen molar-refractivity contribution in [2.45, 2.75) is 6.04 Å². The number of nitrogens with zero attached hydrogens (tertiary/aromatic N) is 2. The smallest absolute Gasteiger partial charge is 0.253 e. The first kappa shape index (κ1) is 17.3. The van der Waals surface area contributed by atoms with Gasteiger partial charge in [0.1, 0.15) is 0 Å². The van der Waals surface area contributed by atoms with Crippen LogP contribution in [0.2, 0.25) is 0 Å². The summed E-state index contributed by atoms with van der Waals surface area (Å²) in [5, 5.41) is 6.25. The Hall–Kier alpha value is -2.15. The molecule has 0 aliphatic carbocycles. The van der Waals surface area contributed by atoms with Crippen LogP contribution >= 0.6 is 11.3 Å². The van der Waals surface area contributed by atoms with Gasteiger partial charge in [0, 0.05) is 48.7 Å². The zero-order valence-corrected chi connectivity index (χ0v) is 15.7. The fourth-order valence-electron chi connectivity index (χ4n) is 3.59. The predicted octanol–water partition coefficient (Wildman–Crippen LogP) is 3.04. The summed E-state index contributed by atoms with van der Waals surface area (Å²) >= 11 is 1.74. The van der Waals surface area contributed by atoms with Gasteiger partial charge in [0.05, 0.1) is 24.8 Å². The van der Waals surface area contributed by atoms with Crippen LogP contribution < -0.4 is 5.32 Å². The van der Waals surface area contributed by atoms with Gasteiger partial charge in [-0.2, -0.15) is 0 Å². The van der Waals surface area contributed by atoms with Crippen LogP contribution in [0.25, 0.3) is 10.9 Å². The highest BCUT2D eigenvalue weighted by Gasteiger charge is 2.24. The minimum atomic E-state index is -0.0170. The van der Waals surface area contributed by atoms with Crippen LogP contribution in [0.3, 0.4) is 0 Å². The Balaban J connectivity index is 1.52. The minimum Gasteiger partial charge on any atom is -0.379 e. The molecule has 1 aliphatic heterocycles. The van der Waals surface area contributed by atoms with E-state index in [2.05, 4.69) is 27.7 Å². The van der Waals surface area contributed by atoms with Crippen molar-refractivity contribution in [3.8, 4) is 0 Å². The fraction of sp³-hybridized carbons (Fsp3) is 0.350. The van der Waals surface area contributed by atoms with Crippen LogP contribution in [0.5, 0.6) is 0 Å². The van der Waals surface area contributed by atoms with Gasteiger partial charge in [0.15, 0.2) is 0 Å². The normalized spacial score (nSPS) is 16.7. The van der Waals surface area contributed by atoms with Crippen LogP contribution in [-0.2, 0) is 11.8 Å². The summed E-state index contributed by atoms with van der Waals surface area (Å²) in [7, 11) is 1.97. The molecule has 1 saturated heterocycles. The number of morpholine rings is 1. The SMILES string of the molecule is Cn1cc(C(=O)NC[C@H](c2cccs2)N2CCOCC2)c2ccccc21. The van der Waals surface area contributed by atoms with Crippen molar-refractivity contribution in [1.29, 1.82) is 0 Å². The van der Waals surface area contributed by atoms with Gasteiger partial charge >= 0.3 is 0 Å². The summed E-state index contributed by atoms with van der Waals surface area (Å²) in [6, 6.07) is 12.4. The molecule has 3 aromatic rings. The van der Waals surface area contributed by atoms with Crippen molar-refractivity contribution in [2.75, 3.05) is 32.8 Å². The average molecular weight is 369 g/mol. The number of thiophene rings is 1. The summed E-state index contributed by atoms with van der Waals surface area (Å²) in [6.07, 6.45) is 1.91. The highest BCUT2D eigenvalue weighted by atomic mass is 32.1. The number of hydrogen-bond donors (Lipinski definition) is 1. The molecule has 2 aromatic heterocycles. The second kappa shape index (κ2) is 7.61. The number of carbonyl (C=O) groups excluding carboxylic acids is 1. The molecule has 1 aromatic carbocycles. The molecular weight excluding hydrogens is 346 g/mol. The van der Waals surface area contributed by atoms with Gasteiger partial charge in [0.25, 0.3) is 5.91 Å². The highest BCUT2D eigenvalue weighted by Crippen LogP contribution is 2.26. The molecular formula is C20H23N3O2S. The number of aryl methyl sites for hydroxylation is 1. The topological polar surface area (TPSA) is 46.5 Å².